The van der Waals surface area contributed by atoms with Crippen molar-refractivity contribution in [1.82, 2.24) is 5.32 Å². The Hall–Kier alpha value is -1.00. The Morgan fingerprint density at radius 3 is 2.74 bits per heavy atom. The highest BCUT2D eigenvalue weighted by Crippen LogP contribution is 2.28. The van der Waals surface area contributed by atoms with Gasteiger partial charge in [-0.2, -0.15) is 11.8 Å². The molecule has 104 valence electrons. The van der Waals surface area contributed by atoms with E-state index in [1.54, 1.807) is 0 Å². The topological polar surface area (TPSA) is 49.3 Å². The van der Waals surface area contributed by atoms with E-state index in [4.69, 9.17) is 0 Å². The summed E-state index contributed by atoms with van der Waals surface area (Å²) < 4.78 is 0. The summed E-state index contributed by atoms with van der Waals surface area (Å²) in [6.07, 6.45) is 5.70. The molecule has 3 unspecified atom stereocenters. The van der Waals surface area contributed by atoms with Gasteiger partial charge in [0, 0.05) is 17.8 Å². The van der Waals surface area contributed by atoms with Crippen molar-refractivity contribution in [3.8, 4) is 0 Å². The van der Waals surface area contributed by atoms with Gasteiger partial charge in [-0.05, 0) is 31.1 Å². The molecule has 1 aliphatic carbocycles. The highest BCUT2D eigenvalue weighted by Gasteiger charge is 2.26. The molecule has 1 aromatic rings. The Balaban J connectivity index is 1.90. The monoisotopic (exact) mass is 279 g/mol. The van der Waals surface area contributed by atoms with Gasteiger partial charge in [0.25, 0.3) is 0 Å². The maximum absolute atomic E-state index is 11.4. The minimum Gasteiger partial charge on any atom is -0.481 e. The minimum atomic E-state index is -0.752. The summed E-state index contributed by atoms with van der Waals surface area (Å²) in [5.74, 6) is -1.20. The van der Waals surface area contributed by atoms with E-state index in [0.29, 0.717) is 12.6 Å². The first-order chi connectivity index (χ1) is 9.20. The quantitative estimate of drug-likeness (QED) is 0.840. The van der Waals surface area contributed by atoms with Gasteiger partial charge in [-0.15, -0.1) is 0 Å². The van der Waals surface area contributed by atoms with Crippen molar-refractivity contribution >= 4 is 17.7 Å². The fourth-order valence-corrected chi connectivity index (χ4v) is 3.45. The summed E-state index contributed by atoms with van der Waals surface area (Å²) in [5.41, 5.74) is 0.877. The maximum atomic E-state index is 11.4. The summed E-state index contributed by atoms with van der Waals surface area (Å²) in [4.78, 5) is 11.4. The fraction of sp³-hybridized carbons (Fsp3) is 0.533. The number of hydrogen-bond acceptors (Lipinski definition) is 3. The van der Waals surface area contributed by atoms with Crippen molar-refractivity contribution in [3.63, 3.8) is 0 Å². The summed E-state index contributed by atoms with van der Waals surface area (Å²) in [6, 6.07) is 9.95. The zero-order valence-corrected chi connectivity index (χ0v) is 12.0. The van der Waals surface area contributed by atoms with Crippen LogP contribution in [0.2, 0.25) is 0 Å². The molecular formula is C15H21NO2S. The number of carbonyl (C=O) groups is 1. The lowest BCUT2D eigenvalue weighted by Gasteiger charge is -2.18. The molecule has 0 saturated heterocycles. The van der Waals surface area contributed by atoms with Gasteiger partial charge in [-0.3, -0.25) is 4.79 Å². The van der Waals surface area contributed by atoms with E-state index in [0.717, 1.165) is 23.7 Å². The van der Waals surface area contributed by atoms with Crippen LogP contribution in [0.25, 0.3) is 0 Å². The van der Waals surface area contributed by atoms with Crippen molar-refractivity contribution in [2.45, 2.75) is 36.5 Å². The highest BCUT2D eigenvalue weighted by atomic mass is 32.2. The van der Waals surface area contributed by atoms with E-state index in [1.807, 2.05) is 42.1 Å². The molecule has 0 spiro atoms. The van der Waals surface area contributed by atoms with Crippen LogP contribution in [0.1, 0.15) is 30.7 Å². The van der Waals surface area contributed by atoms with Crippen LogP contribution in [0, 0.1) is 0 Å². The van der Waals surface area contributed by atoms with E-state index in [-0.39, 0.29) is 0 Å². The molecule has 19 heavy (non-hydrogen) atoms. The number of carboxylic acids is 1. The van der Waals surface area contributed by atoms with Gasteiger partial charge < -0.3 is 10.4 Å². The summed E-state index contributed by atoms with van der Waals surface area (Å²) in [7, 11) is 0. The van der Waals surface area contributed by atoms with Gasteiger partial charge in [0.1, 0.15) is 0 Å². The maximum Gasteiger partial charge on any atom is 0.312 e. The molecule has 0 amide bonds. The van der Waals surface area contributed by atoms with Crippen molar-refractivity contribution in [2.75, 3.05) is 12.8 Å². The molecule has 0 bridgehead atoms. The van der Waals surface area contributed by atoms with E-state index < -0.39 is 11.9 Å². The lowest BCUT2D eigenvalue weighted by Crippen LogP contribution is -2.33. The first-order valence-corrected chi connectivity index (χ1v) is 8.03. The molecule has 0 aliphatic heterocycles. The fourth-order valence-electron chi connectivity index (χ4n) is 2.66. The second-order valence-corrected chi connectivity index (χ2v) is 6.22. The van der Waals surface area contributed by atoms with Crippen LogP contribution in [0.3, 0.4) is 0 Å². The Bertz CT molecular complexity index is 410. The number of thioether (sulfide) groups is 1. The molecule has 1 aliphatic rings. The second-order valence-electron chi connectivity index (χ2n) is 5.08. The molecule has 2 rings (SSSR count). The average molecular weight is 279 g/mol. The SMILES string of the molecule is CSC1CCC(NCC(C(=O)O)c2ccccc2)C1. The molecule has 1 saturated carbocycles. The molecule has 1 aromatic carbocycles. The molecule has 4 heteroatoms. The third kappa shape index (κ3) is 3.98. The van der Waals surface area contributed by atoms with Gasteiger partial charge >= 0.3 is 5.97 Å². The number of aliphatic carboxylic acids is 1. The Morgan fingerprint density at radius 1 is 1.42 bits per heavy atom. The van der Waals surface area contributed by atoms with Crippen LogP contribution >= 0.6 is 11.8 Å². The van der Waals surface area contributed by atoms with Crippen molar-refractivity contribution in [1.29, 1.82) is 0 Å². The second kappa shape index (κ2) is 6.96. The molecule has 1 fully saturated rings. The Morgan fingerprint density at radius 2 is 2.16 bits per heavy atom. The number of nitrogens with one attached hydrogen (secondary N) is 1. The number of hydrogen-bond donors (Lipinski definition) is 2. The predicted octanol–water partition coefficient (Wildman–Crippen LogP) is 2.73. The Labute approximate surface area is 118 Å². The highest BCUT2D eigenvalue weighted by molar-refractivity contribution is 7.99. The van der Waals surface area contributed by atoms with Gasteiger partial charge in [0.15, 0.2) is 0 Å². The molecule has 0 aromatic heterocycles. The van der Waals surface area contributed by atoms with Crippen LogP contribution in [-0.2, 0) is 4.79 Å². The molecule has 2 N–H and O–H groups in total. The zero-order valence-electron chi connectivity index (χ0n) is 11.2. The van der Waals surface area contributed by atoms with Crippen LogP contribution in [0.15, 0.2) is 30.3 Å². The number of carboxylic acid groups (broad SMARTS) is 1. The van der Waals surface area contributed by atoms with Gasteiger partial charge in [0.05, 0.1) is 5.92 Å². The molecular weight excluding hydrogens is 258 g/mol. The zero-order chi connectivity index (χ0) is 13.7. The molecule has 0 heterocycles. The smallest absolute Gasteiger partial charge is 0.312 e. The predicted molar refractivity (Wildman–Crippen MR) is 79.8 cm³/mol. The third-order valence-corrected chi connectivity index (χ3v) is 4.92. The van der Waals surface area contributed by atoms with E-state index in [9.17, 15) is 9.90 Å². The largest absolute Gasteiger partial charge is 0.481 e. The lowest BCUT2D eigenvalue weighted by atomic mass is 9.99. The van der Waals surface area contributed by atoms with Crippen molar-refractivity contribution in [2.24, 2.45) is 0 Å². The minimum absolute atomic E-state index is 0.450. The molecule has 3 nitrogen and oxygen atoms in total. The van der Waals surface area contributed by atoms with Gasteiger partial charge in [-0.1, -0.05) is 30.3 Å². The molecule has 0 radical (unpaired) electrons. The number of rotatable bonds is 6. The van der Waals surface area contributed by atoms with Crippen molar-refractivity contribution in [3.05, 3.63) is 35.9 Å². The first kappa shape index (κ1) is 14.4. The van der Waals surface area contributed by atoms with Crippen LogP contribution in [0.5, 0.6) is 0 Å². The normalized spacial score (nSPS) is 24.3. The van der Waals surface area contributed by atoms with Crippen LogP contribution < -0.4 is 5.32 Å². The van der Waals surface area contributed by atoms with Crippen molar-refractivity contribution < 1.29 is 9.90 Å². The average Bonchev–Trinajstić information content (AvgIpc) is 2.88. The van der Waals surface area contributed by atoms with Crippen LogP contribution in [0.4, 0.5) is 0 Å². The van der Waals surface area contributed by atoms with E-state index in [2.05, 4.69) is 11.6 Å². The number of benzene rings is 1. The molecule has 3 atom stereocenters. The summed E-state index contributed by atoms with van der Waals surface area (Å²) in [5, 5.41) is 13.5. The first-order valence-electron chi connectivity index (χ1n) is 6.74. The standard InChI is InChI=1S/C15H21NO2S/c1-19-13-8-7-12(9-13)16-10-14(15(17)18)11-5-3-2-4-6-11/h2-6,12-14,16H,7-10H2,1H3,(H,17,18). The lowest BCUT2D eigenvalue weighted by molar-refractivity contribution is -0.138. The Kier molecular flexibility index (Phi) is 5.28. The van der Waals surface area contributed by atoms with Gasteiger partial charge in [0.2, 0.25) is 0 Å². The summed E-state index contributed by atoms with van der Waals surface area (Å²) >= 11 is 1.92. The summed E-state index contributed by atoms with van der Waals surface area (Å²) in [6.45, 7) is 0.519. The van der Waals surface area contributed by atoms with Gasteiger partial charge in [-0.25, -0.2) is 0 Å². The van der Waals surface area contributed by atoms with Crippen LogP contribution in [-0.4, -0.2) is 35.2 Å². The third-order valence-electron chi connectivity index (χ3n) is 3.83. The van der Waals surface area contributed by atoms with E-state index in [1.165, 1.54) is 6.42 Å². The van der Waals surface area contributed by atoms with E-state index >= 15 is 0 Å².